The minimum Gasteiger partial charge on any atom is -0.388 e. The first-order valence-electron chi connectivity index (χ1n) is 4.05. The summed E-state index contributed by atoms with van der Waals surface area (Å²) in [7, 11) is 3.40. The maximum absolute atomic E-state index is 11.2. The highest BCUT2D eigenvalue weighted by atomic mass is 16.1. The average molecular weight is 179 g/mol. The molecule has 0 aromatic carbocycles. The minimum atomic E-state index is -0.170. The zero-order valence-corrected chi connectivity index (χ0v) is 8.01. The Kier molecular flexibility index (Phi) is 2.84. The number of aryl methyl sites for hydroxylation is 1. The molecule has 0 unspecified atom stereocenters. The van der Waals surface area contributed by atoms with Gasteiger partial charge in [-0.25, -0.2) is 0 Å². The molecular weight excluding hydrogens is 166 g/mol. The zero-order valence-electron chi connectivity index (χ0n) is 8.01. The lowest BCUT2D eigenvalue weighted by Crippen LogP contribution is -2.19. The van der Waals surface area contributed by atoms with Gasteiger partial charge in [0.25, 0.3) is 5.91 Å². The number of aromatic nitrogens is 1. The van der Waals surface area contributed by atoms with Gasteiger partial charge < -0.3 is 10.6 Å². The highest BCUT2D eigenvalue weighted by Crippen LogP contribution is 2.13. The van der Waals surface area contributed by atoms with Crippen molar-refractivity contribution in [2.45, 2.75) is 6.92 Å². The smallest absolute Gasteiger partial charge is 0.269 e. The van der Waals surface area contributed by atoms with Crippen molar-refractivity contribution in [2.24, 2.45) is 0 Å². The number of rotatable bonds is 2. The Labute approximate surface area is 77.4 Å². The maximum Gasteiger partial charge on any atom is 0.269 e. The molecule has 0 aliphatic heterocycles. The van der Waals surface area contributed by atoms with E-state index in [9.17, 15) is 4.79 Å². The van der Waals surface area contributed by atoms with E-state index in [2.05, 4.69) is 15.6 Å². The number of carbonyl (C=O) groups is 1. The SMILES string of the molecule is CNC(=O)c1cc(NC)c(C)cn1. The van der Waals surface area contributed by atoms with E-state index in [1.54, 1.807) is 19.3 Å². The topological polar surface area (TPSA) is 54.0 Å². The Morgan fingerprint density at radius 1 is 1.46 bits per heavy atom. The zero-order chi connectivity index (χ0) is 9.84. The summed E-state index contributed by atoms with van der Waals surface area (Å²) in [6.07, 6.45) is 1.68. The minimum absolute atomic E-state index is 0.170. The third kappa shape index (κ3) is 1.96. The van der Waals surface area contributed by atoms with Crippen LogP contribution in [0.25, 0.3) is 0 Å². The molecule has 1 aromatic rings. The maximum atomic E-state index is 11.2. The van der Waals surface area contributed by atoms with Crippen LogP contribution >= 0.6 is 0 Å². The van der Waals surface area contributed by atoms with Crippen molar-refractivity contribution in [1.82, 2.24) is 10.3 Å². The van der Waals surface area contributed by atoms with Gasteiger partial charge >= 0.3 is 0 Å². The molecule has 0 aliphatic carbocycles. The predicted molar refractivity (Wildman–Crippen MR) is 51.9 cm³/mol. The van der Waals surface area contributed by atoms with Crippen molar-refractivity contribution in [3.05, 3.63) is 23.5 Å². The lowest BCUT2D eigenvalue weighted by atomic mass is 10.2. The van der Waals surface area contributed by atoms with Gasteiger partial charge in [-0.2, -0.15) is 0 Å². The van der Waals surface area contributed by atoms with Crippen LogP contribution in [0.1, 0.15) is 16.1 Å². The van der Waals surface area contributed by atoms with Crippen molar-refractivity contribution < 1.29 is 4.79 Å². The molecule has 13 heavy (non-hydrogen) atoms. The largest absolute Gasteiger partial charge is 0.388 e. The Morgan fingerprint density at radius 3 is 2.69 bits per heavy atom. The first-order chi connectivity index (χ1) is 6.19. The van der Waals surface area contributed by atoms with E-state index < -0.39 is 0 Å². The van der Waals surface area contributed by atoms with E-state index in [0.717, 1.165) is 11.3 Å². The van der Waals surface area contributed by atoms with Gasteiger partial charge in [0.15, 0.2) is 0 Å². The molecule has 0 saturated heterocycles. The summed E-state index contributed by atoms with van der Waals surface area (Å²) in [5.74, 6) is -0.170. The molecular formula is C9H13N3O. The number of hydrogen-bond donors (Lipinski definition) is 2. The fraction of sp³-hybridized carbons (Fsp3) is 0.333. The molecule has 0 atom stereocenters. The number of anilines is 1. The molecule has 4 nitrogen and oxygen atoms in total. The van der Waals surface area contributed by atoms with Crippen molar-refractivity contribution in [3.63, 3.8) is 0 Å². The van der Waals surface area contributed by atoms with Gasteiger partial charge in [-0.05, 0) is 18.6 Å². The van der Waals surface area contributed by atoms with Crippen LogP contribution in [0.15, 0.2) is 12.3 Å². The third-order valence-electron chi connectivity index (χ3n) is 1.83. The fourth-order valence-corrected chi connectivity index (χ4v) is 1.05. The molecule has 1 aromatic heterocycles. The van der Waals surface area contributed by atoms with Gasteiger partial charge in [0.2, 0.25) is 0 Å². The molecule has 2 N–H and O–H groups in total. The monoisotopic (exact) mass is 179 g/mol. The molecule has 1 rings (SSSR count). The second-order valence-electron chi connectivity index (χ2n) is 2.71. The number of hydrogen-bond acceptors (Lipinski definition) is 3. The lowest BCUT2D eigenvalue weighted by molar-refractivity contribution is 0.0958. The van der Waals surface area contributed by atoms with Crippen LogP contribution in [0.2, 0.25) is 0 Å². The van der Waals surface area contributed by atoms with Crippen LogP contribution in [0, 0.1) is 6.92 Å². The molecule has 70 valence electrons. The van der Waals surface area contributed by atoms with Crippen LogP contribution in [0.3, 0.4) is 0 Å². The highest BCUT2D eigenvalue weighted by molar-refractivity contribution is 5.93. The first kappa shape index (κ1) is 9.51. The second-order valence-corrected chi connectivity index (χ2v) is 2.71. The molecule has 0 aliphatic rings. The number of carbonyl (C=O) groups excluding carboxylic acids is 1. The van der Waals surface area contributed by atoms with E-state index in [-0.39, 0.29) is 5.91 Å². The summed E-state index contributed by atoms with van der Waals surface area (Å²) in [5.41, 5.74) is 2.38. The van der Waals surface area contributed by atoms with Crippen molar-refractivity contribution >= 4 is 11.6 Å². The first-order valence-corrected chi connectivity index (χ1v) is 4.05. The van der Waals surface area contributed by atoms with Crippen molar-refractivity contribution in [2.75, 3.05) is 19.4 Å². The number of amides is 1. The summed E-state index contributed by atoms with van der Waals surface area (Å²) >= 11 is 0. The van der Waals surface area contributed by atoms with Crippen molar-refractivity contribution in [1.29, 1.82) is 0 Å². The molecule has 1 heterocycles. The van der Waals surface area contributed by atoms with Gasteiger partial charge in [-0.1, -0.05) is 0 Å². The Hall–Kier alpha value is -1.58. The van der Waals surface area contributed by atoms with Crippen LogP contribution in [0.5, 0.6) is 0 Å². The van der Waals surface area contributed by atoms with Gasteiger partial charge in [0, 0.05) is 26.0 Å². The summed E-state index contributed by atoms with van der Waals surface area (Å²) < 4.78 is 0. The van der Waals surface area contributed by atoms with Crippen LogP contribution in [0.4, 0.5) is 5.69 Å². The normalized spacial score (nSPS) is 9.46. The quantitative estimate of drug-likeness (QED) is 0.705. The molecule has 0 saturated carbocycles. The number of nitrogens with one attached hydrogen (secondary N) is 2. The van der Waals surface area contributed by atoms with E-state index in [1.807, 2.05) is 14.0 Å². The van der Waals surface area contributed by atoms with Crippen LogP contribution in [-0.2, 0) is 0 Å². The average Bonchev–Trinajstić information content (AvgIpc) is 2.17. The van der Waals surface area contributed by atoms with E-state index in [4.69, 9.17) is 0 Å². The predicted octanol–water partition coefficient (Wildman–Crippen LogP) is 0.791. The molecule has 0 bridgehead atoms. The van der Waals surface area contributed by atoms with Crippen LogP contribution in [-0.4, -0.2) is 25.0 Å². The Morgan fingerprint density at radius 2 is 2.15 bits per heavy atom. The Balaban J connectivity index is 3.06. The van der Waals surface area contributed by atoms with Gasteiger partial charge in [0.1, 0.15) is 5.69 Å². The molecule has 4 heteroatoms. The second kappa shape index (κ2) is 3.89. The highest BCUT2D eigenvalue weighted by Gasteiger charge is 2.06. The van der Waals surface area contributed by atoms with Gasteiger partial charge in [-0.15, -0.1) is 0 Å². The third-order valence-corrected chi connectivity index (χ3v) is 1.83. The fourth-order valence-electron chi connectivity index (χ4n) is 1.05. The molecule has 1 amide bonds. The number of nitrogens with zero attached hydrogens (tertiary/aromatic N) is 1. The van der Waals surface area contributed by atoms with Gasteiger partial charge in [-0.3, -0.25) is 9.78 Å². The van der Waals surface area contributed by atoms with E-state index >= 15 is 0 Å². The van der Waals surface area contributed by atoms with Crippen molar-refractivity contribution in [3.8, 4) is 0 Å². The summed E-state index contributed by atoms with van der Waals surface area (Å²) in [6.45, 7) is 1.94. The summed E-state index contributed by atoms with van der Waals surface area (Å²) in [6, 6.07) is 1.73. The van der Waals surface area contributed by atoms with Gasteiger partial charge in [0.05, 0.1) is 0 Å². The number of pyridine rings is 1. The summed E-state index contributed by atoms with van der Waals surface area (Å²) in [5, 5.41) is 5.52. The summed E-state index contributed by atoms with van der Waals surface area (Å²) in [4.78, 5) is 15.2. The molecule has 0 spiro atoms. The Bertz CT molecular complexity index is 323. The molecule has 0 fully saturated rings. The van der Waals surface area contributed by atoms with Crippen LogP contribution < -0.4 is 10.6 Å². The standard InChI is InChI=1S/C9H13N3O/c1-6-5-12-8(9(13)11-3)4-7(6)10-2/h4-5H,1-3H3,(H,10,12)(H,11,13). The van der Waals surface area contributed by atoms with E-state index in [1.165, 1.54) is 0 Å². The van der Waals surface area contributed by atoms with E-state index in [0.29, 0.717) is 5.69 Å². The lowest BCUT2D eigenvalue weighted by Gasteiger charge is -2.05. The molecule has 0 radical (unpaired) electrons.